The highest BCUT2D eigenvalue weighted by atomic mass is 16.5. The van der Waals surface area contributed by atoms with E-state index in [1.165, 1.54) is 11.9 Å². The lowest BCUT2D eigenvalue weighted by atomic mass is 10.2. The average Bonchev–Trinajstić information content (AvgIpc) is 2.38. The Bertz CT molecular complexity index is 542. The Balaban J connectivity index is 2.34. The number of hydrogen-bond donors (Lipinski definition) is 2. The molecule has 0 amide bonds. The van der Waals surface area contributed by atoms with Crippen molar-refractivity contribution in [2.45, 2.75) is 6.92 Å². The van der Waals surface area contributed by atoms with Crippen molar-refractivity contribution < 1.29 is 4.74 Å². The Morgan fingerprint density at radius 1 is 1.17 bits per heavy atom. The second kappa shape index (κ2) is 5.35. The van der Waals surface area contributed by atoms with Crippen LogP contribution in [0.2, 0.25) is 0 Å². The summed E-state index contributed by atoms with van der Waals surface area (Å²) >= 11 is 0. The van der Waals surface area contributed by atoms with Gasteiger partial charge in [0.2, 0.25) is 5.75 Å². The number of benzene rings is 1. The molecule has 0 spiro atoms. The molecule has 18 heavy (non-hydrogen) atoms. The van der Waals surface area contributed by atoms with Crippen molar-refractivity contribution in [3.8, 4) is 5.75 Å². The number of ether oxygens (including phenoxy) is 1. The van der Waals surface area contributed by atoms with Crippen LogP contribution >= 0.6 is 0 Å². The maximum absolute atomic E-state index is 5.32. The van der Waals surface area contributed by atoms with Gasteiger partial charge in [0.05, 0.1) is 7.11 Å². The van der Waals surface area contributed by atoms with Gasteiger partial charge in [-0.05, 0) is 24.6 Å². The zero-order valence-electron chi connectivity index (χ0n) is 10.7. The van der Waals surface area contributed by atoms with Crippen LogP contribution in [0.4, 0.5) is 17.3 Å². The van der Waals surface area contributed by atoms with E-state index in [1.54, 1.807) is 14.2 Å². The number of nitrogens with one attached hydrogen (secondary N) is 2. The molecule has 0 aliphatic rings. The fourth-order valence-corrected chi connectivity index (χ4v) is 1.69. The first-order valence-corrected chi connectivity index (χ1v) is 5.65. The molecule has 0 saturated carbocycles. The van der Waals surface area contributed by atoms with Crippen LogP contribution in [0.1, 0.15) is 5.56 Å². The molecule has 2 N–H and O–H groups in total. The van der Waals surface area contributed by atoms with Crippen molar-refractivity contribution in [2.75, 3.05) is 24.8 Å². The Morgan fingerprint density at radius 3 is 2.61 bits per heavy atom. The quantitative estimate of drug-likeness (QED) is 0.865. The fraction of sp³-hybridized carbons (Fsp3) is 0.231. The highest BCUT2D eigenvalue weighted by molar-refractivity contribution is 5.69. The second-order valence-corrected chi connectivity index (χ2v) is 3.85. The topological polar surface area (TPSA) is 59.1 Å². The zero-order valence-corrected chi connectivity index (χ0v) is 10.7. The molecule has 0 fully saturated rings. The van der Waals surface area contributed by atoms with Gasteiger partial charge in [0.15, 0.2) is 11.6 Å². The second-order valence-electron chi connectivity index (χ2n) is 3.85. The van der Waals surface area contributed by atoms with E-state index >= 15 is 0 Å². The number of nitrogens with zero attached hydrogens (tertiary/aromatic N) is 2. The lowest BCUT2D eigenvalue weighted by Crippen LogP contribution is -2.03. The van der Waals surface area contributed by atoms with E-state index in [4.69, 9.17) is 4.74 Å². The molecule has 0 aliphatic heterocycles. The van der Waals surface area contributed by atoms with Gasteiger partial charge in [0, 0.05) is 12.7 Å². The van der Waals surface area contributed by atoms with Crippen LogP contribution in [0.25, 0.3) is 0 Å². The number of aryl methyl sites for hydroxylation is 1. The summed E-state index contributed by atoms with van der Waals surface area (Å²) in [6.45, 7) is 2.04. The smallest absolute Gasteiger partial charge is 0.204 e. The molecule has 0 aliphatic carbocycles. The van der Waals surface area contributed by atoms with Crippen molar-refractivity contribution in [1.29, 1.82) is 0 Å². The molecular weight excluding hydrogens is 228 g/mol. The van der Waals surface area contributed by atoms with Crippen molar-refractivity contribution in [2.24, 2.45) is 0 Å². The van der Waals surface area contributed by atoms with Gasteiger partial charge in [-0.1, -0.05) is 12.1 Å². The minimum absolute atomic E-state index is 0.599. The normalized spacial score (nSPS) is 9.94. The van der Waals surface area contributed by atoms with Crippen LogP contribution in [0.15, 0.2) is 30.6 Å². The van der Waals surface area contributed by atoms with Gasteiger partial charge in [-0.25, -0.2) is 9.97 Å². The van der Waals surface area contributed by atoms with Gasteiger partial charge >= 0.3 is 0 Å². The minimum Gasteiger partial charge on any atom is -0.490 e. The average molecular weight is 244 g/mol. The molecule has 0 unspecified atom stereocenters. The maximum Gasteiger partial charge on any atom is 0.204 e. The molecule has 5 heteroatoms. The molecule has 2 aromatic rings. The Hall–Kier alpha value is -2.30. The highest BCUT2D eigenvalue weighted by Crippen LogP contribution is 2.30. The summed E-state index contributed by atoms with van der Waals surface area (Å²) in [4.78, 5) is 8.30. The van der Waals surface area contributed by atoms with Gasteiger partial charge < -0.3 is 15.4 Å². The van der Waals surface area contributed by atoms with E-state index in [0.29, 0.717) is 17.4 Å². The van der Waals surface area contributed by atoms with E-state index in [9.17, 15) is 0 Å². The summed E-state index contributed by atoms with van der Waals surface area (Å²) < 4.78 is 5.32. The summed E-state index contributed by atoms with van der Waals surface area (Å²) in [6.07, 6.45) is 1.49. The predicted octanol–water partition coefficient (Wildman–Crippen LogP) is 2.58. The first-order chi connectivity index (χ1) is 8.74. The lowest BCUT2D eigenvalue weighted by molar-refractivity contribution is 0.415. The van der Waals surface area contributed by atoms with E-state index in [2.05, 4.69) is 20.6 Å². The molecule has 0 saturated heterocycles. The monoisotopic (exact) mass is 244 g/mol. The van der Waals surface area contributed by atoms with Crippen LogP contribution in [-0.4, -0.2) is 24.1 Å². The molecule has 0 bridgehead atoms. The Morgan fingerprint density at radius 2 is 1.94 bits per heavy atom. The third kappa shape index (κ3) is 2.51. The molecule has 2 rings (SSSR count). The molecule has 0 atom stereocenters. The number of anilines is 3. The van der Waals surface area contributed by atoms with Crippen molar-refractivity contribution in [3.05, 3.63) is 36.2 Å². The molecular formula is C13H16N4O. The third-order valence-electron chi connectivity index (χ3n) is 2.53. The van der Waals surface area contributed by atoms with Gasteiger partial charge in [0.25, 0.3) is 0 Å². The summed E-state index contributed by atoms with van der Waals surface area (Å²) in [5, 5.41) is 6.19. The van der Waals surface area contributed by atoms with Crippen LogP contribution in [0.5, 0.6) is 5.75 Å². The largest absolute Gasteiger partial charge is 0.490 e. The number of hydrogen-bond acceptors (Lipinski definition) is 5. The van der Waals surface area contributed by atoms with Gasteiger partial charge in [0.1, 0.15) is 6.33 Å². The molecule has 1 aromatic carbocycles. The molecule has 0 radical (unpaired) electrons. The number of methoxy groups -OCH3 is 1. The van der Waals surface area contributed by atoms with Crippen molar-refractivity contribution in [1.82, 2.24) is 9.97 Å². The Labute approximate surface area is 106 Å². The zero-order chi connectivity index (χ0) is 13.0. The predicted molar refractivity (Wildman–Crippen MR) is 72.6 cm³/mol. The van der Waals surface area contributed by atoms with Crippen LogP contribution < -0.4 is 15.4 Å². The van der Waals surface area contributed by atoms with Crippen molar-refractivity contribution in [3.63, 3.8) is 0 Å². The van der Waals surface area contributed by atoms with Crippen molar-refractivity contribution >= 4 is 17.3 Å². The molecule has 5 nitrogen and oxygen atoms in total. The standard InChI is InChI=1S/C13H16N4O/c1-9-5-4-6-10(7-9)17-13-11(18-3)12(14-2)15-8-16-13/h4-8H,1-3H3,(H2,14,15,16,17). The summed E-state index contributed by atoms with van der Waals surface area (Å²) in [6, 6.07) is 8.06. The summed E-state index contributed by atoms with van der Waals surface area (Å²) in [5.74, 6) is 1.90. The fourth-order valence-electron chi connectivity index (χ4n) is 1.69. The van der Waals surface area contributed by atoms with Gasteiger partial charge in [-0.3, -0.25) is 0 Å². The third-order valence-corrected chi connectivity index (χ3v) is 2.53. The first-order valence-electron chi connectivity index (χ1n) is 5.65. The van der Waals surface area contributed by atoms with Gasteiger partial charge in [-0.15, -0.1) is 0 Å². The van der Waals surface area contributed by atoms with E-state index in [0.717, 1.165) is 5.69 Å². The summed E-state index contributed by atoms with van der Waals surface area (Å²) in [5.41, 5.74) is 2.15. The van der Waals surface area contributed by atoms with E-state index in [1.807, 2.05) is 31.2 Å². The van der Waals surface area contributed by atoms with Crippen LogP contribution in [-0.2, 0) is 0 Å². The number of aromatic nitrogens is 2. The first kappa shape index (κ1) is 12.2. The van der Waals surface area contributed by atoms with E-state index in [-0.39, 0.29) is 0 Å². The van der Waals surface area contributed by atoms with E-state index < -0.39 is 0 Å². The van der Waals surface area contributed by atoms with Crippen LogP contribution in [0.3, 0.4) is 0 Å². The van der Waals surface area contributed by atoms with Gasteiger partial charge in [-0.2, -0.15) is 0 Å². The molecule has 1 heterocycles. The lowest BCUT2D eigenvalue weighted by Gasteiger charge is -2.12. The molecule has 1 aromatic heterocycles. The number of rotatable bonds is 4. The minimum atomic E-state index is 0.599. The highest BCUT2D eigenvalue weighted by Gasteiger charge is 2.10. The molecule has 94 valence electrons. The summed E-state index contributed by atoms with van der Waals surface area (Å²) in [7, 11) is 3.39. The van der Waals surface area contributed by atoms with Crippen LogP contribution in [0, 0.1) is 6.92 Å². The SMILES string of the molecule is CNc1ncnc(Nc2cccc(C)c2)c1OC. The maximum atomic E-state index is 5.32. The Kier molecular flexibility index (Phi) is 3.62.